The van der Waals surface area contributed by atoms with Crippen molar-refractivity contribution in [1.82, 2.24) is 4.90 Å². The predicted octanol–water partition coefficient (Wildman–Crippen LogP) is 4.35. The maximum absolute atomic E-state index is 5.01. The van der Waals surface area contributed by atoms with Gasteiger partial charge in [0.15, 0.2) is 11.5 Å². The Morgan fingerprint density at radius 3 is 2.27 bits per heavy atom. The highest BCUT2D eigenvalue weighted by Gasteiger charge is 2.32. The lowest BCUT2D eigenvalue weighted by Crippen LogP contribution is -2.20. The van der Waals surface area contributed by atoms with Gasteiger partial charge in [-0.2, -0.15) is 0 Å². The number of hydrogen-bond acceptors (Lipinski definition) is 3. The van der Waals surface area contributed by atoms with Gasteiger partial charge < -0.3 is 14.4 Å². The monoisotopic (exact) mass is 303 g/mol. The zero-order valence-corrected chi connectivity index (χ0v) is 14.3. The average molecular weight is 303 g/mol. The molecule has 1 aliphatic heterocycles. The summed E-state index contributed by atoms with van der Waals surface area (Å²) in [5, 5.41) is 0. The van der Waals surface area contributed by atoms with Gasteiger partial charge in [0.25, 0.3) is 0 Å². The first-order chi connectivity index (χ1) is 10.7. The van der Waals surface area contributed by atoms with Crippen LogP contribution in [0.1, 0.15) is 32.6 Å². The van der Waals surface area contributed by atoms with Crippen LogP contribution in [0.2, 0.25) is 0 Å². The third-order valence-corrected chi connectivity index (χ3v) is 4.87. The normalized spacial score (nSPS) is 23.1. The minimum absolute atomic E-state index is 0.769. The zero-order valence-electron chi connectivity index (χ0n) is 14.3. The number of methoxy groups -OCH3 is 2. The van der Waals surface area contributed by atoms with Gasteiger partial charge in [-0.05, 0) is 37.3 Å². The van der Waals surface area contributed by atoms with Gasteiger partial charge in [-0.15, -0.1) is 0 Å². The first-order valence-corrected chi connectivity index (χ1v) is 8.29. The van der Waals surface area contributed by atoms with Gasteiger partial charge >= 0.3 is 0 Å². The molecule has 1 aromatic carbocycles. The highest BCUT2D eigenvalue weighted by atomic mass is 16.5. The molecule has 0 N–H and O–H groups in total. The van der Waals surface area contributed by atoms with E-state index in [9.17, 15) is 0 Å². The maximum Gasteiger partial charge on any atom is 0.160 e. The molecule has 0 amide bonds. The van der Waals surface area contributed by atoms with Crippen LogP contribution in [0.25, 0.3) is 0 Å². The third kappa shape index (κ3) is 3.76. The minimum atomic E-state index is 0.769. The van der Waals surface area contributed by atoms with Crippen LogP contribution in [-0.2, 0) is 0 Å². The SMILES string of the molecule is CCC1CCC=C2C1CCN2C.COc1ccccc1OC. The summed E-state index contributed by atoms with van der Waals surface area (Å²) in [6.07, 6.45) is 7.98. The van der Waals surface area contributed by atoms with E-state index in [1.54, 1.807) is 19.9 Å². The van der Waals surface area contributed by atoms with Crippen LogP contribution in [0.3, 0.4) is 0 Å². The number of likely N-dealkylation sites (tertiary alicyclic amines) is 1. The molecule has 3 rings (SSSR count). The molecule has 2 unspecified atom stereocenters. The quantitative estimate of drug-likeness (QED) is 0.829. The molecule has 3 heteroatoms. The lowest BCUT2D eigenvalue weighted by atomic mass is 9.80. The third-order valence-electron chi connectivity index (χ3n) is 4.87. The molecule has 122 valence electrons. The Morgan fingerprint density at radius 2 is 1.73 bits per heavy atom. The van der Waals surface area contributed by atoms with E-state index in [0.717, 1.165) is 23.3 Å². The molecule has 1 fully saturated rings. The van der Waals surface area contributed by atoms with E-state index >= 15 is 0 Å². The summed E-state index contributed by atoms with van der Waals surface area (Å²) in [4.78, 5) is 2.45. The highest BCUT2D eigenvalue weighted by molar-refractivity contribution is 5.39. The Kier molecular flexibility index (Phi) is 6.17. The summed E-state index contributed by atoms with van der Waals surface area (Å²) in [6, 6.07) is 7.53. The smallest absolute Gasteiger partial charge is 0.160 e. The number of rotatable bonds is 3. The molecule has 2 atom stereocenters. The standard InChI is InChI=1S/C11H19N.C8H10O2/c1-3-9-5-4-6-11-10(9)7-8-12(11)2;1-9-7-5-3-4-6-8(7)10-2/h6,9-10H,3-5,7-8H2,1-2H3;3-6H,1-2H3. The summed E-state index contributed by atoms with van der Waals surface area (Å²) < 4.78 is 10.0. The van der Waals surface area contributed by atoms with Gasteiger partial charge in [0, 0.05) is 25.2 Å². The molecular formula is C19H29NO2. The van der Waals surface area contributed by atoms with E-state index in [4.69, 9.17) is 9.47 Å². The molecule has 22 heavy (non-hydrogen) atoms. The van der Waals surface area contributed by atoms with Gasteiger partial charge in [0.2, 0.25) is 0 Å². The summed E-state index contributed by atoms with van der Waals surface area (Å²) in [7, 11) is 5.49. The van der Waals surface area contributed by atoms with Crippen molar-refractivity contribution in [3.8, 4) is 11.5 Å². The van der Waals surface area contributed by atoms with Gasteiger partial charge in [0.1, 0.15) is 0 Å². The second-order valence-corrected chi connectivity index (χ2v) is 6.05. The fraction of sp³-hybridized carbons (Fsp3) is 0.579. The molecule has 0 bridgehead atoms. The van der Waals surface area contributed by atoms with Crippen LogP contribution >= 0.6 is 0 Å². The number of fused-ring (bicyclic) bond motifs is 1. The van der Waals surface area contributed by atoms with Crippen molar-refractivity contribution in [2.75, 3.05) is 27.8 Å². The van der Waals surface area contributed by atoms with E-state index in [-0.39, 0.29) is 0 Å². The summed E-state index contributed by atoms with van der Waals surface area (Å²) >= 11 is 0. The van der Waals surface area contributed by atoms with Crippen molar-refractivity contribution in [2.24, 2.45) is 11.8 Å². The zero-order chi connectivity index (χ0) is 15.9. The number of allylic oxidation sites excluding steroid dienone is 2. The number of benzene rings is 1. The molecule has 0 spiro atoms. The van der Waals surface area contributed by atoms with Crippen LogP contribution in [0.5, 0.6) is 11.5 Å². The maximum atomic E-state index is 5.01. The molecule has 1 aliphatic carbocycles. The average Bonchev–Trinajstić information content (AvgIpc) is 2.96. The van der Waals surface area contributed by atoms with Gasteiger partial charge in [-0.1, -0.05) is 31.6 Å². The molecule has 1 heterocycles. The van der Waals surface area contributed by atoms with Crippen LogP contribution in [-0.4, -0.2) is 32.7 Å². The Morgan fingerprint density at radius 1 is 1.09 bits per heavy atom. The van der Waals surface area contributed by atoms with Crippen molar-refractivity contribution in [3.05, 3.63) is 36.0 Å². The second kappa shape index (κ2) is 8.11. The Balaban J connectivity index is 0.000000164. The number of hydrogen-bond donors (Lipinski definition) is 0. The summed E-state index contributed by atoms with van der Waals surface area (Å²) in [5.74, 6) is 3.43. The Hall–Kier alpha value is -1.64. The van der Waals surface area contributed by atoms with Crippen LogP contribution in [0, 0.1) is 11.8 Å². The number of ether oxygens (including phenoxy) is 2. The fourth-order valence-electron chi connectivity index (χ4n) is 3.60. The van der Waals surface area contributed by atoms with E-state index in [1.807, 2.05) is 24.3 Å². The lowest BCUT2D eigenvalue weighted by Gasteiger charge is -2.28. The number of nitrogens with zero attached hydrogens (tertiary/aromatic N) is 1. The fourth-order valence-corrected chi connectivity index (χ4v) is 3.60. The van der Waals surface area contributed by atoms with Crippen LogP contribution in [0.15, 0.2) is 36.0 Å². The van der Waals surface area contributed by atoms with E-state index in [2.05, 4.69) is 24.9 Å². The molecular weight excluding hydrogens is 274 g/mol. The molecule has 2 aliphatic rings. The van der Waals surface area contributed by atoms with E-state index in [1.165, 1.54) is 32.2 Å². The molecule has 0 saturated carbocycles. The number of para-hydroxylation sites is 2. The molecule has 3 nitrogen and oxygen atoms in total. The Labute approximate surface area is 134 Å². The Bertz CT molecular complexity index is 475. The van der Waals surface area contributed by atoms with E-state index < -0.39 is 0 Å². The van der Waals surface area contributed by atoms with Crippen molar-refractivity contribution in [2.45, 2.75) is 32.6 Å². The first kappa shape index (κ1) is 16.7. The molecule has 1 aromatic rings. The van der Waals surface area contributed by atoms with E-state index in [0.29, 0.717) is 0 Å². The van der Waals surface area contributed by atoms with Crippen LogP contribution < -0.4 is 9.47 Å². The van der Waals surface area contributed by atoms with Gasteiger partial charge in [-0.25, -0.2) is 0 Å². The minimum Gasteiger partial charge on any atom is -0.493 e. The second-order valence-electron chi connectivity index (χ2n) is 6.05. The largest absolute Gasteiger partial charge is 0.493 e. The van der Waals surface area contributed by atoms with Gasteiger partial charge in [-0.3, -0.25) is 0 Å². The molecule has 1 saturated heterocycles. The molecule has 0 radical (unpaired) electrons. The van der Waals surface area contributed by atoms with Crippen molar-refractivity contribution < 1.29 is 9.47 Å². The van der Waals surface area contributed by atoms with Crippen molar-refractivity contribution in [1.29, 1.82) is 0 Å². The highest BCUT2D eigenvalue weighted by Crippen LogP contribution is 2.40. The lowest BCUT2D eigenvalue weighted by molar-refractivity contribution is 0.326. The summed E-state index contributed by atoms with van der Waals surface area (Å²) in [5.41, 5.74) is 1.65. The van der Waals surface area contributed by atoms with Crippen LogP contribution in [0.4, 0.5) is 0 Å². The first-order valence-electron chi connectivity index (χ1n) is 8.29. The predicted molar refractivity (Wildman–Crippen MR) is 91.4 cm³/mol. The van der Waals surface area contributed by atoms with Crippen molar-refractivity contribution >= 4 is 0 Å². The topological polar surface area (TPSA) is 21.7 Å². The van der Waals surface area contributed by atoms with Crippen molar-refractivity contribution in [3.63, 3.8) is 0 Å². The molecule has 0 aromatic heterocycles. The van der Waals surface area contributed by atoms with Gasteiger partial charge in [0.05, 0.1) is 14.2 Å². The summed E-state index contributed by atoms with van der Waals surface area (Å²) in [6.45, 7) is 3.62.